The summed E-state index contributed by atoms with van der Waals surface area (Å²) in [6, 6.07) is 23.4. The molecule has 0 aliphatic rings. The number of phenolic OH excluding ortho intramolecular Hbond substituents is 3. The van der Waals surface area contributed by atoms with Gasteiger partial charge in [-0.25, -0.2) is 0 Å². The van der Waals surface area contributed by atoms with E-state index in [1.807, 2.05) is 36.4 Å². The molecule has 23 heavy (non-hydrogen) atoms. The minimum absolute atomic E-state index is 0.198. The number of benzene rings is 4. The number of phenols is 3. The minimum Gasteiger partial charge on any atom is -0.507 e. The smallest absolute Gasteiger partial charge is 0.123 e. The lowest BCUT2D eigenvalue weighted by molar-refractivity contribution is 0.475. The molecule has 4 rings (SSSR count). The van der Waals surface area contributed by atoms with Crippen molar-refractivity contribution in [2.24, 2.45) is 0 Å². The fraction of sp³-hybridized carbons (Fsp3) is 0. The fourth-order valence-corrected chi connectivity index (χ4v) is 2.49. The Morgan fingerprint density at radius 1 is 0.391 bits per heavy atom. The van der Waals surface area contributed by atoms with Crippen LogP contribution < -0.4 is 0 Å². The first-order valence-corrected chi connectivity index (χ1v) is 7.23. The molecule has 0 aliphatic heterocycles. The van der Waals surface area contributed by atoms with Gasteiger partial charge in [0, 0.05) is 16.2 Å². The summed E-state index contributed by atoms with van der Waals surface area (Å²) in [4.78, 5) is 0. The van der Waals surface area contributed by atoms with Crippen molar-refractivity contribution in [3.63, 3.8) is 0 Å². The molecule has 3 heteroatoms. The topological polar surface area (TPSA) is 60.7 Å². The van der Waals surface area contributed by atoms with Gasteiger partial charge in [-0.2, -0.15) is 0 Å². The molecule has 4 aromatic carbocycles. The van der Waals surface area contributed by atoms with Crippen molar-refractivity contribution in [3.05, 3.63) is 78.9 Å². The molecule has 0 saturated heterocycles. The molecule has 0 bridgehead atoms. The molecule has 0 fully saturated rings. The summed E-state index contributed by atoms with van der Waals surface area (Å²) in [5, 5.41) is 31.5. The van der Waals surface area contributed by atoms with Gasteiger partial charge in [-0.3, -0.25) is 0 Å². The molecule has 0 radical (unpaired) electrons. The number of hydrogen-bond donors (Lipinski definition) is 3. The van der Waals surface area contributed by atoms with Crippen molar-refractivity contribution in [2.75, 3.05) is 0 Å². The molecule has 4 aromatic rings. The standard InChI is InChI=1S/C10H8O2.C10H8O/c11-9-5-1-3-7-8(9)4-2-6-10(7)12;11-10-7-3-5-8-4-1-2-6-9(8)10/h1-6,11-12H;1-7,11H. The summed E-state index contributed by atoms with van der Waals surface area (Å²) in [6.07, 6.45) is 0. The highest BCUT2D eigenvalue weighted by Crippen LogP contribution is 2.30. The van der Waals surface area contributed by atoms with E-state index in [-0.39, 0.29) is 11.5 Å². The van der Waals surface area contributed by atoms with E-state index in [0.29, 0.717) is 16.5 Å². The SMILES string of the molecule is Oc1cccc2c(O)cccc12.Oc1cccc2ccccc12. The van der Waals surface area contributed by atoms with Gasteiger partial charge in [0.15, 0.2) is 0 Å². The van der Waals surface area contributed by atoms with E-state index in [0.717, 1.165) is 10.8 Å². The third-order valence-electron chi connectivity index (χ3n) is 3.64. The molecule has 0 aliphatic carbocycles. The van der Waals surface area contributed by atoms with E-state index in [4.69, 9.17) is 0 Å². The van der Waals surface area contributed by atoms with Gasteiger partial charge < -0.3 is 15.3 Å². The molecule has 0 amide bonds. The second-order valence-corrected chi connectivity index (χ2v) is 5.15. The van der Waals surface area contributed by atoms with E-state index in [2.05, 4.69) is 0 Å². The lowest BCUT2D eigenvalue weighted by Crippen LogP contribution is -1.73. The summed E-state index contributed by atoms with van der Waals surface area (Å²) in [5.74, 6) is 0.745. The predicted octanol–water partition coefficient (Wildman–Crippen LogP) is 4.80. The number of aromatic hydroxyl groups is 3. The van der Waals surface area contributed by atoms with E-state index >= 15 is 0 Å². The van der Waals surface area contributed by atoms with Gasteiger partial charge in [-0.05, 0) is 23.6 Å². The van der Waals surface area contributed by atoms with Crippen LogP contribution in [0.2, 0.25) is 0 Å². The molecule has 0 spiro atoms. The second kappa shape index (κ2) is 6.28. The van der Waals surface area contributed by atoms with Crippen LogP contribution in [0.25, 0.3) is 21.5 Å². The van der Waals surface area contributed by atoms with Crippen LogP contribution in [-0.2, 0) is 0 Å². The molecule has 114 valence electrons. The van der Waals surface area contributed by atoms with Crippen molar-refractivity contribution in [3.8, 4) is 17.2 Å². The zero-order valence-corrected chi connectivity index (χ0v) is 12.3. The van der Waals surface area contributed by atoms with Gasteiger partial charge >= 0.3 is 0 Å². The maximum atomic E-state index is 9.38. The summed E-state index contributed by atoms with van der Waals surface area (Å²) in [7, 11) is 0. The minimum atomic E-state index is 0.198. The third kappa shape index (κ3) is 3.04. The molecule has 3 N–H and O–H groups in total. The Labute approximate surface area is 133 Å². The van der Waals surface area contributed by atoms with Crippen molar-refractivity contribution >= 4 is 21.5 Å². The first-order valence-electron chi connectivity index (χ1n) is 7.23. The van der Waals surface area contributed by atoms with E-state index in [1.54, 1.807) is 42.5 Å². The highest BCUT2D eigenvalue weighted by atomic mass is 16.3. The molecule has 0 aromatic heterocycles. The maximum absolute atomic E-state index is 9.38. The summed E-state index contributed by atoms with van der Waals surface area (Å²) in [6.45, 7) is 0. The van der Waals surface area contributed by atoms with Crippen LogP contribution >= 0.6 is 0 Å². The van der Waals surface area contributed by atoms with Crippen LogP contribution in [0.5, 0.6) is 17.2 Å². The molecule has 0 heterocycles. The van der Waals surface area contributed by atoms with E-state index in [1.165, 1.54) is 0 Å². The normalized spacial score (nSPS) is 10.3. The predicted molar refractivity (Wildman–Crippen MR) is 92.9 cm³/mol. The van der Waals surface area contributed by atoms with Crippen LogP contribution in [0.4, 0.5) is 0 Å². The van der Waals surface area contributed by atoms with Crippen LogP contribution in [0.1, 0.15) is 0 Å². The Balaban J connectivity index is 0.000000136. The Morgan fingerprint density at radius 2 is 0.783 bits per heavy atom. The molecule has 0 saturated carbocycles. The van der Waals surface area contributed by atoms with Crippen molar-refractivity contribution in [1.82, 2.24) is 0 Å². The van der Waals surface area contributed by atoms with Crippen LogP contribution in [0.3, 0.4) is 0 Å². The lowest BCUT2D eigenvalue weighted by Gasteiger charge is -2.01. The number of hydrogen-bond acceptors (Lipinski definition) is 3. The highest BCUT2D eigenvalue weighted by Gasteiger charge is 2.00. The molecule has 3 nitrogen and oxygen atoms in total. The van der Waals surface area contributed by atoms with Crippen molar-refractivity contribution in [1.29, 1.82) is 0 Å². The zero-order valence-electron chi connectivity index (χ0n) is 12.3. The summed E-state index contributed by atoms with van der Waals surface area (Å²) >= 11 is 0. The van der Waals surface area contributed by atoms with Crippen LogP contribution in [-0.4, -0.2) is 15.3 Å². The van der Waals surface area contributed by atoms with Gasteiger partial charge in [-0.1, -0.05) is 60.7 Å². The van der Waals surface area contributed by atoms with E-state index in [9.17, 15) is 15.3 Å². The van der Waals surface area contributed by atoms with Gasteiger partial charge in [0.2, 0.25) is 0 Å². The number of rotatable bonds is 0. The van der Waals surface area contributed by atoms with E-state index < -0.39 is 0 Å². The summed E-state index contributed by atoms with van der Waals surface area (Å²) in [5.41, 5.74) is 0. The first-order chi connectivity index (χ1) is 11.2. The fourth-order valence-electron chi connectivity index (χ4n) is 2.49. The second-order valence-electron chi connectivity index (χ2n) is 5.15. The Kier molecular flexibility index (Phi) is 4.02. The molecular weight excluding hydrogens is 288 g/mol. The third-order valence-corrected chi connectivity index (χ3v) is 3.64. The van der Waals surface area contributed by atoms with Gasteiger partial charge in [0.1, 0.15) is 17.2 Å². The Hall–Kier alpha value is -3.20. The van der Waals surface area contributed by atoms with Gasteiger partial charge in [0.25, 0.3) is 0 Å². The highest BCUT2D eigenvalue weighted by molar-refractivity contribution is 5.92. The average molecular weight is 304 g/mol. The first kappa shape index (κ1) is 14.7. The molecule has 0 unspecified atom stereocenters. The van der Waals surface area contributed by atoms with Crippen molar-refractivity contribution < 1.29 is 15.3 Å². The van der Waals surface area contributed by atoms with Gasteiger partial charge in [-0.15, -0.1) is 0 Å². The monoisotopic (exact) mass is 304 g/mol. The van der Waals surface area contributed by atoms with Crippen molar-refractivity contribution in [2.45, 2.75) is 0 Å². The average Bonchev–Trinajstić information content (AvgIpc) is 2.57. The maximum Gasteiger partial charge on any atom is 0.123 e. The van der Waals surface area contributed by atoms with Crippen LogP contribution in [0.15, 0.2) is 78.9 Å². The lowest BCUT2D eigenvalue weighted by atomic mass is 10.1. The summed E-state index contributed by atoms with van der Waals surface area (Å²) < 4.78 is 0. The molecular formula is C20H16O3. The van der Waals surface area contributed by atoms with Gasteiger partial charge in [0.05, 0.1) is 0 Å². The molecule has 0 atom stereocenters. The zero-order chi connectivity index (χ0) is 16.2. The quantitative estimate of drug-likeness (QED) is 0.437. The Bertz CT molecular complexity index is 914. The Morgan fingerprint density at radius 3 is 1.35 bits per heavy atom. The number of fused-ring (bicyclic) bond motifs is 2. The van der Waals surface area contributed by atoms with Crippen LogP contribution in [0, 0.1) is 0 Å². The largest absolute Gasteiger partial charge is 0.507 e.